The lowest BCUT2D eigenvalue weighted by molar-refractivity contribution is -0.134. The molecule has 16 heavy (non-hydrogen) atoms. The maximum atomic E-state index is 11.8. The Morgan fingerprint density at radius 1 is 1.56 bits per heavy atom. The van der Waals surface area contributed by atoms with Crippen molar-refractivity contribution in [3.8, 4) is 0 Å². The van der Waals surface area contributed by atoms with E-state index in [4.69, 9.17) is 4.74 Å². The first-order valence-electron chi connectivity index (χ1n) is 6.15. The molecule has 94 valence electrons. The monoisotopic (exact) mass is 228 g/mol. The minimum Gasteiger partial charge on any atom is -0.366 e. The fourth-order valence-electron chi connectivity index (χ4n) is 1.94. The van der Waals surface area contributed by atoms with Crippen molar-refractivity contribution in [2.24, 2.45) is 5.41 Å². The molecule has 1 rings (SSSR count). The second kappa shape index (κ2) is 6.21. The van der Waals surface area contributed by atoms with Gasteiger partial charge in [-0.2, -0.15) is 0 Å². The second-order valence-corrected chi connectivity index (χ2v) is 5.20. The molecular formula is C12H24N2O2. The van der Waals surface area contributed by atoms with E-state index in [1.807, 2.05) is 0 Å². The van der Waals surface area contributed by atoms with Gasteiger partial charge in [0.1, 0.15) is 6.10 Å². The molecule has 1 saturated heterocycles. The summed E-state index contributed by atoms with van der Waals surface area (Å²) in [5, 5.41) is 6.13. The van der Waals surface area contributed by atoms with Crippen molar-refractivity contribution >= 4 is 5.91 Å². The van der Waals surface area contributed by atoms with Crippen LogP contribution in [-0.4, -0.2) is 38.3 Å². The smallest absolute Gasteiger partial charge is 0.250 e. The van der Waals surface area contributed by atoms with Crippen molar-refractivity contribution in [3.05, 3.63) is 0 Å². The number of hydrogen-bond acceptors (Lipinski definition) is 3. The molecule has 2 N–H and O–H groups in total. The van der Waals surface area contributed by atoms with Crippen LogP contribution in [-0.2, 0) is 9.53 Å². The normalized spacial score (nSPS) is 21.8. The Bertz CT molecular complexity index is 223. The van der Waals surface area contributed by atoms with Gasteiger partial charge in [0.2, 0.25) is 5.91 Å². The molecule has 4 nitrogen and oxygen atoms in total. The molecule has 0 spiro atoms. The van der Waals surface area contributed by atoms with E-state index in [1.165, 1.54) is 0 Å². The molecule has 1 aliphatic rings. The molecule has 0 saturated carbocycles. The van der Waals surface area contributed by atoms with Gasteiger partial charge in [-0.25, -0.2) is 0 Å². The fraction of sp³-hybridized carbons (Fsp3) is 0.917. The Morgan fingerprint density at radius 3 is 2.88 bits per heavy atom. The fourth-order valence-corrected chi connectivity index (χ4v) is 1.94. The number of amides is 1. The van der Waals surface area contributed by atoms with Gasteiger partial charge in [-0.1, -0.05) is 27.2 Å². The number of hydrogen-bond donors (Lipinski definition) is 2. The molecule has 0 aromatic carbocycles. The number of nitrogens with one attached hydrogen (secondary N) is 2. The number of rotatable bonds is 5. The zero-order valence-corrected chi connectivity index (χ0v) is 10.6. The average Bonchev–Trinajstić information content (AvgIpc) is 2.27. The lowest BCUT2D eigenvalue weighted by Gasteiger charge is -2.27. The van der Waals surface area contributed by atoms with E-state index in [2.05, 4.69) is 31.4 Å². The number of morpholine rings is 1. The topological polar surface area (TPSA) is 50.4 Å². The van der Waals surface area contributed by atoms with Crippen molar-refractivity contribution in [2.45, 2.75) is 39.7 Å². The van der Waals surface area contributed by atoms with Gasteiger partial charge in [0, 0.05) is 19.6 Å². The third kappa shape index (κ3) is 4.49. The summed E-state index contributed by atoms with van der Waals surface area (Å²) in [5.74, 6) is 0.0105. The Hall–Kier alpha value is -0.610. The maximum Gasteiger partial charge on any atom is 0.250 e. The molecule has 0 radical (unpaired) electrons. The molecule has 1 unspecified atom stereocenters. The Morgan fingerprint density at radius 2 is 2.31 bits per heavy atom. The predicted octanol–water partition coefficient (Wildman–Crippen LogP) is 0.917. The van der Waals surface area contributed by atoms with Crippen LogP contribution in [0.25, 0.3) is 0 Å². The first-order valence-corrected chi connectivity index (χ1v) is 6.15. The number of ether oxygens (including phenoxy) is 1. The molecule has 4 heteroatoms. The van der Waals surface area contributed by atoms with Crippen molar-refractivity contribution < 1.29 is 9.53 Å². The lowest BCUT2D eigenvalue weighted by Crippen LogP contribution is -2.49. The summed E-state index contributed by atoms with van der Waals surface area (Å²) in [6.07, 6.45) is 1.95. The van der Waals surface area contributed by atoms with E-state index in [9.17, 15) is 4.79 Å². The molecule has 0 aromatic heterocycles. The van der Waals surface area contributed by atoms with Gasteiger partial charge in [-0.05, 0) is 11.8 Å². The number of carbonyl (C=O) groups excluding carboxylic acids is 1. The summed E-state index contributed by atoms with van der Waals surface area (Å²) in [6, 6.07) is 0. The molecule has 0 aliphatic carbocycles. The standard InChI is InChI=1S/C12H24N2O2/c1-4-5-12(2,3)9-14-11(15)10-8-13-6-7-16-10/h10,13H,4-9H2,1-3H3,(H,14,15). The van der Waals surface area contributed by atoms with Gasteiger partial charge in [0.05, 0.1) is 6.61 Å². The molecule has 0 aromatic rings. The van der Waals surface area contributed by atoms with E-state index in [0.29, 0.717) is 13.2 Å². The van der Waals surface area contributed by atoms with E-state index >= 15 is 0 Å². The number of carbonyl (C=O) groups is 1. The molecule has 1 aliphatic heterocycles. The lowest BCUT2D eigenvalue weighted by atomic mass is 9.88. The van der Waals surface area contributed by atoms with Crippen LogP contribution in [0.4, 0.5) is 0 Å². The van der Waals surface area contributed by atoms with Crippen LogP contribution >= 0.6 is 0 Å². The Balaban J connectivity index is 2.28. The highest BCUT2D eigenvalue weighted by Crippen LogP contribution is 2.20. The van der Waals surface area contributed by atoms with Crippen LogP contribution in [0.3, 0.4) is 0 Å². The zero-order chi connectivity index (χ0) is 12.0. The minimum atomic E-state index is -0.314. The van der Waals surface area contributed by atoms with Gasteiger partial charge in [0.15, 0.2) is 0 Å². The van der Waals surface area contributed by atoms with Crippen molar-refractivity contribution in [3.63, 3.8) is 0 Å². The van der Waals surface area contributed by atoms with Crippen LogP contribution in [0.5, 0.6) is 0 Å². The van der Waals surface area contributed by atoms with Crippen molar-refractivity contribution in [1.29, 1.82) is 0 Å². The van der Waals surface area contributed by atoms with Crippen molar-refractivity contribution in [1.82, 2.24) is 10.6 Å². The zero-order valence-electron chi connectivity index (χ0n) is 10.6. The minimum absolute atomic E-state index is 0.0105. The van der Waals surface area contributed by atoms with Gasteiger partial charge >= 0.3 is 0 Å². The van der Waals surface area contributed by atoms with Crippen LogP contribution in [0.15, 0.2) is 0 Å². The van der Waals surface area contributed by atoms with E-state index in [-0.39, 0.29) is 17.4 Å². The summed E-state index contributed by atoms with van der Waals surface area (Å²) in [5.41, 5.74) is 0.173. The third-order valence-corrected chi connectivity index (χ3v) is 2.89. The highest BCUT2D eigenvalue weighted by Gasteiger charge is 2.24. The van der Waals surface area contributed by atoms with Crippen LogP contribution < -0.4 is 10.6 Å². The maximum absolute atomic E-state index is 11.8. The molecule has 1 amide bonds. The van der Waals surface area contributed by atoms with E-state index in [1.54, 1.807) is 0 Å². The molecule has 1 heterocycles. The van der Waals surface area contributed by atoms with Crippen LogP contribution in [0, 0.1) is 5.41 Å². The first-order chi connectivity index (χ1) is 7.55. The van der Waals surface area contributed by atoms with Gasteiger partial charge in [0.25, 0.3) is 0 Å². The Kier molecular flexibility index (Phi) is 5.22. The van der Waals surface area contributed by atoms with Gasteiger partial charge in [-0.15, -0.1) is 0 Å². The highest BCUT2D eigenvalue weighted by atomic mass is 16.5. The summed E-state index contributed by atoms with van der Waals surface area (Å²) in [4.78, 5) is 11.8. The summed E-state index contributed by atoms with van der Waals surface area (Å²) in [6.45, 7) is 9.33. The average molecular weight is 228 g/mol. The quantitative estimate of drug-likeness (QED) is 0.735. The second-order valence-electron chi connectivity index (χ2n) is 5.20. The molecular weight excluding hydrogens is 204 g/mol. The van der Waals surface area contributed by atoms with Gasteiger partial charge < -0.3 is 15.4 Å². The first kappa shape index (κ1) is 13.5. The predicted molar refractivity (Wildman–Crippen MR) is 64.3 cm³/mol. The summed E-state index contributed by atoms with van der Waals surface area (Å²) >= 11 is 0. The van der Waals surface area contributed by atoms with Gasteiger partial charge in [-0.3, -0.25) is 4.79 Å². The summed E-state index contributed by atoms with van der Waals surface area (Å²) < 4.78 is 5.39. The molecule has 1 fully saturated rings. The van der Waals surface area contributed by atoms with Crippen LogP contribution in [0.1, 0.15) is 33.6 Å². The molecule has 0 bridgehead atoms. The van der Waals surface area contributed by atoms with Crippen molar-refractivity contribution in [2.75, 3.05) is 26.2 Å². The summed E-state index contributed by atoms with van der Waals surface area (Å²) in [7, 11) is 0. The van der Waals surface area contributed by atoms with Crippen LogP contribution in [0.2, 0.25) is 0 Å². The molecule has 1 atom stereocenters. The largest absolute Gasteiger partial charge is 0.366 e. The van der Waals surface area contributed by atoms with E-state index < -0.39 is 0 Å². The van der Waals surface area contributed by atoms with E-state index in [0.717, 1.165) is 25.9 Å². The third-order valence-electron chi connectivity index (χ3n) is 2.89. The Labute approximate surface area is 98.1 Å². The SMILES string of the molecule is CCCC(C)(C)CNC(=O)C1CNCCO1. The highest BCUT2D eigenvalue weighted by molar-refractivity contribution is 5.81.